The summed E-state index contributed by atoms with van der Waals surface area (Å²) in [5.41, 5.74) is 0.936. The van der Waals surface area contributed by atoms with Crippen molar-refractivity contribution in [1.29, 1.82) is 0 Å². The predicted octanol–water partition coefficient (Wildman–Crippen LogP) is 2.47. The van der Waals surface area contributed by atoms with E-state index in [0.717, 1.165) is 11.4 Å². The van der Waals surface area contributed by atoms with Crippen LogP contribution in [0.2, 0.25) is 0 Å². The molecule has 1 aliphatic carbocycles. The quantitative estimate of drug-likeness (QED) is 0.684. The van der Waals surface area contributed by atoms with Gasteiger partial charge in [-0.15, -0.1) is 0 Å². The van der Waals surface area contributed by atoms with Crippen LogP contribution in [-0.4, -0.2) is 23.2 Å². The lowest BCUT2D eigenvalue weighted by Crippen LogP contribution is -2.37. The number of amidine groups is 2. The van der Waals surface area contributed by atoms with Gasteiger partial charge in [-0.1, -0.05) is 19.4 Å². The lowest BCUT2D eigenvalue weighted by atomic mass is 10.1. The Morgan fingerprint density at radius 1 is 1.47 bits per heavy atom. The molecule has 15 heavy (non-hydrogen) atoms. The summed E-state index contributed by atoms with van der Waals surface area (Å²) in [6.45, 7) is 5.98. The van der Waals surface area contributed by atoms with Crippen molar-refractivity contribution in [2.75, 3.05) is 0 Å². The van der Waals surface area contributed by atoms with E-state index in [4.69, 9.17) is 11.6 Å². The zero-order valence-electron chi connectivity index (χ0n) is 8.96. The van der Waals surface area contributed by atoms with Gasteiger partial charge < -0.3 is 5.32 Å². The smallest absolute Gasteiger partial charge is 0.197 e. The highest BCUT2D eigenvalue weighted by Crippen LogP contribution is 2.22. The Hall–Kier alpha value is -0.830. The number of hydrogen-bond acceptors (Lipinski definition) is 2. The molecule has 4 heteroatoms. The van der Waals surface area contributed by atoms with Crippen molar-refractivity contribution < 1.29 is 0 Å². The number of hydrogen-bond donors (Lipinski definition) is 1. The van der Waals surface area contributed by atoms with Crippen molar-refractivity contribution in [2.45, 2.75) is 44.7 Å². The molecule has 0 radical (unpaired) electrons. The van der Waals surface area contributed by atoms with Crippen LogP contribution < -0.4 is 5.32 Å². The SMILES string of the molecule is C=C1C(=NC2CCCC2)NC(Cl)=NC1C. The third-order valence-corrected chi connectivity index (χ3v) is 3.17. The van der Waals surface area contributed by atoms with Gasteiger partial charge in [-0.2, -0.15) is 0 Å². The van der Waals surface area contributed by atoms with Gasteiger partial charge in [0.05, 0.1) is 12.1 Å². The highest BCUT2D eigenvalue weighted by atomic mass is 35.5. The molecule has 0 saturated heterocycles. The van der Waals surface area contributed by atoms with Crippen LogP contribution in [0.3, 0.4) is 0 Å². The molecule has 2 aliphatic rings. The Bertz CT molecular complexity index is 327. The van der Waals surface area contributed by atoms with Crippen molar-refractivity contribution in [1.82, 2.24) is 5.32 Å². The summed E-state index contributed by atoms with van der Waals surface area (Å²) in [6.07, 6.45) is 4.93. The number of nitrogens with zero attached hydrogens (tertiary/aromatic N) is 2. The predicted molar refractivity (Wildman–Crippen MR) is 64.7 cm³/mol. The Kier molecular flexibility index (Phi) is 3.10. The molecule has 0 amide bonds. The van der Waals surface area contributed by atoms with Gasteiger partial charge >= 0.3 is 0 Å². The Morgan fingerprint density at radius 2 is 2.13 bits per heavy atom. The minimum Gasteiger partial charge on any atom is -0.315 e. The van der Waals surface area contributed by atoms with E-state index < -0.39 is 0 Å². The van der Waals surface area contributed by atoms with Crippen LogP contribution in [0.4, 0.5) is 0 Å². The molecule has 1 N–H and O–H groups in total. The Morgan fingerprint density at radius 3 is 2.80 bits per heavy atom. The molecule has 0 aromatic heterocycles. The molecule has 2 rings (SSSR count). The molecule has 1 fully saturated rings. The first-order valence-electron chi connectivity index (χ1n) is 5.44. The van der Waals surface area contributed by atoms with E-state index in [0.29, 0.717) is 11.3 Å². The average Bonchev–Trinajstić information content (AvgIpc) is 2.66. The second-order valence-electron chi connectivity index (χ2n) is 4.16. The van der Waals surface area contributed by atoms with Crippen LogP contribution in [-0.2, 0) is 0 Å². The summed E-state index contributed by atoms with van der Waals surface area (Å²) in [7, 11) is 0. The minimum atomic E-state index is 0.0407. The molecular weight excluding hydrogens is 210 g/mol. The van der Waals surface area contributed by atoms with Crippen LogP contribution in [0.1, 0.15) is 32.6 Å². The van der Waals surface area contributed by atoms with E-state index in [1.165, 1.54) is 25.7 Å². The van der Waals surface area contributed by atoms with Crippen LogP contribution in [0.15, 0.2) is 22.1 Å². The summed E-state index contributed by atoms with van der Waals surface area (Å²) < 4.78 is 0. The molecule has 1 heterocycles. The Labute approximate surface area is 95.3 Å². The van der Waals surface area contributed by atoms with Crippen molar-refractivity contribution in [3.8, 4) is 0 Å². The maximum atomic E-state index is 5.87. The van der Waals surface area contributed by atoms with Crippen LogP contribution in [0.25, 0.3) is 0 Å². The fourth-order valence-electron chi connectivity index (χ4n) is 1.99. The van der Waals surface area contributed by atoms with Crippen LogP contribution in [0, 0.1) is 0 Å². The molecular formula is C11H16ClN3. The molecule has 1 unspecified atom stereocenters. The normalized spacial score (nSPS) is 30.5. The van der Waals surface area contributed by atoms with Crippen molar-refractivity contribution in [3.05, 3.63) is 12.2 Å². The first kappa shape index (κ1) is 10.7. The van der Waals surface area contributed by atoms with Crippen molar-refractivity contribution >= 4 is 22.7 Å². The zero-order chi connectivity index (χ0) is 10.8. The van der Waals surface area contributed by atoms with E-state index in [2.05, 4.69) is 21.9 Å². The van der Waals surface area contributed by atoms with E-state index in [1.807, 2.05) is 6.92 Å². The highest BCUT2D eigenvalue weighted by molar-refractivity contribution is 6.66. The molecule has 1 saturated carbocycles. The van der Waals surface area contributed by atoms with Gasteiger partial charge in [0.1, 0.15) is 5.84 Å². The van der Waals surface area contributed by atoms with Crippen LogP contribution in [0.5, 0.6) is 0 Å². The van der Waals surface area contributed by atoms with Crippen molar-refractivity contribution in [2.24, 2.45) is 9.98 Å². The zero-order valence-corrected chi connectivity index (χ0v) is 9.72. The summed E-state index contributed by atoms with van der Waals surface area (Å²) in [5.74, 6) is 0.828. The van der Waals surface area contributed by atoms with E-state index in [1.54, 1.807) is 0 Å². The molecule has 0 bridgehead atoms. The summed E-state index contributed by atoms with van der Waals surface area (Å²) in [5, 5.41) is 3.41. The van der Waals surface area contributed by atoms with Crippen LogP contribution >= 0.6 is 11.6 Å². The number of halogens is 1. The van der Waals surface area contributed by atoms with Gasteiger partial charge in [0, 0.05) is 5.57 Å². The second-order valence-corrected chi connectivity index (χ2v) is 4.52. The summed E-state index contributed by atoms with van der Waals surface area (Å²) >= 11 is 5.87. The topological polar surface area (TPSA) is 36.8 Å². The minimum absolute atomic E-state index is 0.0407. The van der Waals surface area contributed by atoms with E-state index in [-0.39, 0.29) is 6.04 Å². The van der Waals surface area contributed by atoms with Gasteiger partial charge in [-0.05, 0) is 31.4 Å². The van der Waals surface area contributed by atoms with Gasteiger partial charge in [-0.25, -0.2) is 4.99 Å². The highest BCUT2D eigenvalue weighted by Gasteiger charge is 2.21. The molecule has 82 valence electrons. The van der Waals surface area contributed by atoms with Crippen molar-refractivity contribution in [3.63, 3.8) is 0 Å². The average molecular weight is 226 g/mol. The standard InChI is InChI=1S/C11H16ClN3/c1-7-8(2)13-11(12)15-10(7)14-9-5-3-4-6-9/h8-9H,1,3-6H2,2H3,(H,13,14,15). The summed E-state index contributed by atoms with van der Waals surface area (Å²) in [4.78, 5) is 8.84. The van der Waals surface area contributed by atoms with E-state index >= 15 is 0 Å². The van der Waals surface area contributed by atoms with Gasteiger partial charge in [0.2, 0.25) is 0 Å². The number of aliphatic imine (C=N–C) groups is 2. The molecule has 0 aromatic carbocycles. The largest absolute Gasteiger partial charge is 0.315 e. The van der Waals surface area contributed by atoms with E-state index in [9.17, 15) is 0 Å². The molecule has 3 nitrogen and oxygen atoms in total. The first-order chi connectivity index (χ1) is 7.16. The second kappa shape index (κ2) is 4.35. The monoisotopic (exact) mass is 225 g/mol. The maximum Gasteiger partial charge on any atom is 0.197 e. The molecule has 0 aromatic rings. The third kappa shape index (κ3) is 2.40. The van der Waals surface area contributed by atoms with Gasteiger partial charge in [-0.3, -0.25) is 4.99 Å². The molecule has 1 aliphatic heterocycles. The fraction of sp³-hybridized carbons (Fsp3) is 0.636. The Balaban J connectivity index is 2.14. The fourth-order valence-corrected chi connectivity index (χ4v) is 2.22. The first-order valence-corrected chi connectivity index (χ1v) is 5.82. The van der Waals surface area contributed by atoms with Gasteiger partial charge in [0.15, 0.2) is 5.29 Å². The lowest BCUT2D eigenvalue weighted by molar-refractivity contribution is 0.700. The molecule has 1 atom stereocenters. The van der Waals surface area contributed by atoms with Gasteiger partial charge in [0.25, 0.3) is 0 Å². The number of nitrogens with one attached hydrogen (secondary N) is 1. The maximum absolute atomic E-state index is 5.87. The third-order valence-electron chi connectivity index (χ3n) is 2.97. The lowest BCUT2D eigenvalue weighted by Gasteiger charge is -2.21. The molecule has 0 spiro atoms. The number of rotatable bonds is 1. The summed E-state index contributed by atoms with van der Waals surface area (Å²) in [6, 6.07) is 0.484.